The van der Waals surface area contributed by atoms with Crippen molar-refractivity contribution < 1.29 is 24.2 Å². The Morgan fingerprint density at radius 1 is 1.11 bits per heavy atom. The largest absolute Gasteiger partial charge is 0.494 e. The van der Waals surface area contributed by atoms with Gasteiger partial charge in [-0.25, -0.2) is 4.99 Å². The standard InChI is InChI=1S/C30H28N2O5/c1-2-17-30-26(37-27(31-30)21-13-15-24(16-14-21)36-19-8-18-33)25-12-7-6-11-23(25)20-32(29(30)35)28(34)22-9-4-3-5-10-22/h2-7,9-16,26,33H,1,8,17-20H2/t26-,30-/m0/s1. The molecule has 188 valence electrons. The van der Waals surface area contributed by atoms with Crippen LogP contribution in [0.3, 0.4) is 0 Å². The van der Waals surface area contributed by atoms with Gasteiger partial charge < -0.3 is 14.6 Å². The normalized spacial score (nSPS) is 20.2. The van der Waals surface area contributed by atoms with Gasteiger partial charge >= 0.3 is 0 Å². The molecule has 2 heterocycles. The molecule has 3 aromatic carbocycles. The number of ether oxygens (including phenoxy) is 2. The number of carbonyl (C=O) groups is 2. The molecular weight excluding hydrogens is 468 g/mol. The quantitative estimate of drug-likeness (QED) is 0.283. The molecule has 0 bridgehead atoms. The number of carbonyl (C=O) groups excluding carboxylic acids is 2. The first-order chi connectivity index (χ1) is 18.1. The fraction of sp³-hybridized carbons (Fsp3) is 0.233. The number of hydrogen-bond acceptors (Lipinski definition) is 6. The predicted molar refractivity (Wildman–Crippen MR) is 139 cm³/mol. The lowest BCUT2D eigenvalue weighted by molar-refractivity contribution is -0.136. The molecule has 7 heteroatoms. The zero-order valence-corrected chi connectivity index (χ0v) is 20.4. The van der Waals surface area contributed by atoms with Crippen LogP contribution in [-0.4, -0.2) is 46.5 Å². The van der Waals surface area contributed by atoms with Crippen LogP contribution in [0.15, 0.2) is 96.5 Å². The van der Waals surface area contributed by atoms with Crippen LogP contribution >= 0.6 is 0 Å². The molecular formula is C30H28N2O5. The third-order valence-electron chi connectivity index (χ3n) is 6.64. The number of fused-ring (bicyclic) bond motifs is 3. The van der Waals surface area contributed by atoms with Crippen molar-refractivity contribution in [2.75, 3.05) is 13.2 Å². The highest BCUT2D eigenvalue weighted by atomic mass is 16.5. The molecule has 2 amide bonds. The van der Waals surface area contributed by atoms with Gasteiger partial charge in [-0.15, -0.1) is 6.58 Å². The number of hydrogen-bond donors (Lipinski definition) is 1. The lowest BCUT2D eigenvalue weighted by Crippen LogP contribution is -2.50. The van der Waals surface area contributed by atoms with Gasteiger partial charge in [-0.2, -0.15) is 0 Å². The van der Waals surface area contributed by atoms with E-state index < -0.39 is 17.6 Å². The maximum Gasteiger partial charge on any atom is 0.262 e. The lowest BCUT2D eigenvalue weighted by atomic mass is 9.84. The topological polar surface area (TPSA) is 88.4 Å². The molecule has 0 aliphatic carbocycles. The first kappa shape index (κ1) is 24.5. The maximum atomic E-state index is 14.2. The van der Waals surface area contributed by atoms with Crippen molar-refractivity contribution in [3.63, 3.8) is 0 Å². The van der Waals surface area contributed by atoms with E-state index >= 15 is 0 Å². The smallest absolute Gasteiger partial charge is 0.262 e. The Morgan fingerprint density at radius 2 is 1.84 bits per heavy atom. The van der Waals surface area contributed by atoms with Gasteiger partial charge in [0.2, 0.25) is 5.90 Å². The number of nitrogens with zero attached hydrogens (tertiary/aromatic N) is 2. The van der Waals surface area contributed by atoms with Gasteiger partial charge in [0.1, 0.15) is 5.75 Å². The number of amides is 2. The number of rotatable bonds is 8. The second-order valence-corrected chi connectivity index (χ2v) is 9.04. The molecule has 37 heavy (non-hydrogen) atoms. The number of aliphatic imine (C=N–C) groups is 1. The van der Waals surface area contributed by atoms with Gasteiger partial charge in [0.05, 0.1) is 13.2 Å². The molecule has 0 saturated carbocycles. The van der Waals surface area contributed by atoms with Crippen LogP contribution in [0.1, 0.15) is 46.0 Å². The van der Waals surface area contributed by atoms with Gasteiger partial charge in [0.25, 0.3) is 11.8 Å². The second kappa shape index (κ2) is 10.4. The SMILES string of the molecule is C=CC[C@]12N=C(c3ccc(OCCCO)cc3)O[C@H]1c1ccccc1CN(C(=O)c1ccccc1)C2=O. The van der Waals surface area contributed by atoms with Crippen molar-refractivity contribution in [1.82, 2.24) is 4.90 Å². The van der Waals surface area contributed by atoms with Crippen LogP contribution in [0.4, 0.5) is 0 Å². The maximum absolute atomic E-state index is 14.2. The van der Waals surface area contributed by atoms with Gasteiger partial charge in [0.15, 0.2) is 11.6 Å². The minimum absolute atomic E-state index is 0.0643. The van der Waals surface area contributed by atoms with Crippen LogP contribution in [-0.2, 0) is 16.1 Å². The van der Waals surface area contributed by atoms with Gasteiger partial charge in [-0.05, 0) is 42.0 Å². The summed E-state index contributed by atoms with van der Waals surface area (Å²) in [7, 11) is 0. The van der Waals surface area contributed by atoms with E-state index in [2.05, 4.69) is 6.58 Å². The van der Waals surface area contributed by atoms with Crippen molar-refractivity contribution in [3.8, 4) is 5.75 Å². The summed E-state index contributed by atoms with van der Waals surface area (Å²) in [5.74, 6) is 0.191. The molecule has 2 aliphatic heterocycles. The van der Waals surface area contributed by atoms with E-state index in [1.807, 2.05) is 42.5 Å². The number of aliphatic hydroxyl groups excluding tert-OH is 1. The minimum atomic E-state index is -1.37. The summed E-state index contributed by atoms with van der Waals surface area (Å²) in [4.78, 5) is 34.0. The zero-order valence-electron chi connectivity index (χ0n) is 20.4. The van der Waals surface area contributed by atoms with E-state index in [1.54, 1.807) is 42.5 Å². The second-order valence-electron chi connectivity index (χ2n) is 9.04. The Kier molecular flexibility index (Phi) is 6.88. The Hall–Kier alpha value is -4.23. The highest BCUT2D eigenvalue weighted by molar-refractivity contribution is 6.10. The van der Waals surface area contributed by atoms with Gasteiger partial charge in [-0.1, -0.05) is 48.5 Å². The van der Waals surface area contributed by atoms with Crippen molar-refractivity contribution in [3.05, 3.63) is 114 Å². The molecule has 0 spiro atoms. The van der Waals surface area contributed by atoms with Crippen molar-refractivity contribution in [1.29, 1.82) is 0 Å². The Labute approximate surface area is 215 Å². The first-order valence-electron chi connectivity index (χ1n) is 12.3. The molecule has 2 atom stereocenters. The van der Waals surface area contributed by atoms with E-state index in [1.165, 1.54) is 4.90 Å². The number of aliphatic hydroxyl groups is 1. The summed E-state index contributed by atoms with van der Waals surface area (Å²) in [6.07, 6.45) is 1.69. The molecule has 0 saturated heterocycles. The van der Waals surface area contributed by atoms with E-state index in [4.69, 9.17) is 19.6 Å². The predicted octanol–water partition coefficient (Wildman–Crippen LogP) is 4.46. The Bertz CT molecular complexity index is 1340. The monoisotopic (exact) mass is 496 g/mol. The van der Waals surface area contributed by atoms with E-state index in [9.17, 15) is 9.59 Å². The molecule has 0 unspecified atom stereocenters. The average molecular weight is 497 g/mol. The van der Waals surface area contributed by atoms with Gasteiger partial charge in [-0.3, -0.25) is 14.5 Å². The molecule has 1 N–H and O–H groups in total. The summed E-state index contributed by atoms with van der Waals surface area (Å²) < 4.78 is 12.1. The number of benzene rings is 3. The Morgan fingerprint density at radius 3 is 2.57 bits per heavy atom. The van der Waals surface area contributed by atoms with Crippen LogP contribution in [0.25, 0.3) is 0 Å². The van der Waals surface area contributed by atoms with Crippen molar-refractivity contribution in [2.24, 2.45) is 4.99 Å². The van der Waals surface area contributed by atoms with Crippen LogP contribution in [0, 0.1) is 0 Å². The molecule has 5 rings (SSSR count). The Balaban J connectivity index is 1.56. The van der Waals surface area contributed by atoms with E-state index in [-0.39, 0.29) is 25.5 Å². The summed E-state index contributed by atoms with van der Waals surface area (Å²) in [6.45, 7) is 4.50. The summed E-state index contributed by atoms with van der Waals surface area (Å²) in [5, 5.41) is 8.96. The summed E-state index contributed by atoms with van der Waals surface area (Å²) in [5.41, 5.74) is 1.41. The zero-order chi connectivity index (χ0) is 25.8. The minimum Gasteiger partial charge on any atom is -0.494 e. The van der Waals surface area contributed by atoms with Crippen LogP contribution in [0.5, 0.6) is 5.75 Å². The third-order valence-corrected chi connectivity index (χ3v) is 6.64. The molecule has 7 nitrogen and oxygen atoms in total. The van der Waals surface area contributed by atoms with E-state index in [0.717, 1.165) is 11.1 Å². The summed E-state index contributed by atoms with van der Waals surface area (Å²) in [6, 6.07) is 23.7. The highest BCUT2D eigenvalue weighted by Gasteiger charge is 2.57. The molecule has 0 aromatic heterocycles. The van der Waals surface area contributed by atoms with Crippen LogP contribution < -0.4 is 4.74 Å². The van der Waals surface area contributed by atoms with E-state index in [0.29, 0.717) is 35.8 Å². The fourth-order valence-electron chi connectivity index (χ4n) is 4.81. The highest BCUT2D eigenvalue weighted by Crippen LogP contribution is 2.47. The first-order valence-corrected chi connectivity index (χ1v) is 12.3. The molecule has 0 fully saturated rings. The van der Waals surface area contributed by atoms with Gasteiger partial charge in [0, 0.05) is 36.1 Å². The molecule has 2 aliphatic rings. The average Bonchev–Trinajstić information content (AvgIpc) is 3.29. The van der Waals surface area contributed by atoms with Crippen molar-refractivity contribution in [2.45, 2.75) is 31.0 Å². The van der Waals surface area contributed by atoms with Crippen LogP contribution in [0.2, 0.25) is 0 Å². The third kappa shape index (κ3) is 4.54. The summed E-state index contributed by atoms with van der Waals surface area (Å²) >= 11 is 0. The lowest BCUT2D eigenvalue weighted by Gasteiger charge is -2.30. The fourth-order valence-corrected chi connectivity index (χ4v) is 4.81. The molecule has 3 aromatic rings. The molecule has 0 radical (unpaired) electrons. The number of imide groups is 1. The van der Waals surface area contributed by atoms with Crippen molar-refractivity contribution >= 4 is 17.7 Å².